The molecule has 0 aliphatic rings. The SMILES string of the molecule is CCC(OC(=O)c1cc2cc(N)ccc2o1)C(N)=O. The van der Waals surface area contributed by atoms with Crippen molar-refractivity contribution in [1.29, 1.82) is 0 Å². The maximum Gasteiger partial charge on any atom is 0.375 e. The number of carbonyl (C=O) groups excluding carboxylic acids is 2. The van der Waals surface area contributed by atoms with Gasteiger partial charge in [0.25, 0.3) is 5.91 Å². The summed E-state index contributed by atoms with van der Waals surface area (Å²) >= 11 is 0. The van der Waals surface area contributed by atoms with Crippen molar-refractivity contribution in [2.24, 2.45) is 5.73 Å². The molecule has 6 nitrogen and oxygen atoms in total. The van der Waals surface area contributed by atoms with Gasteiger partial charge in [-0.25, -0.2) is 4.79 Å². The molecule has 0 fully saturated rings. The predicted molar refractivity (Wildman–Crippen MR) is 69.3 cm³/mol. The number of primary amides is 1. The average molecular weight is 262 g/mol. The van der Waals surface area contributed by atoms with E-state index in [-0.39, 0.29) is 5.76 Å². The summed E-state index contributed by atoms with van der Waals surface area (Å²) in [4.78, 5) is 22.8. The van der Waals surface area contributed by atoms with Crippen LogP contribution in [0.5, 0.6) is 0 Å². The van der Waals surface area contributed by atoms with E-state index in [2.05, 4.69) is 0 Å². The summed E-state index contributed by atoms with van der Waals surface area (Å²) in [5.41, 5.74) is 11.8. The first-order valence-corrected chi connectivity index (χ1v) is 5.80. The number of fused-ring (bicyclic) bond motifs is 1. The zero-order chi connectivity index (χ0) is 14.0. The monoisotopic (exact) mass is 262 g/mol. The molecule has 1 atom stereocenters. The van der Waals surface area contributed by atoms with Crippen LogP contribution in [0.25, 0.3) is 11.0 Å². The Morgan fingerprint density at radius 1 is 1.37 bits per heavy atom. The molecule has 0 saturated heterocycles. The third-order valence-electron chi connectivity index (χ3n) is 2.68. The van der Waals surface area contributed by atoms with E-state index in [4.69, 9.17) is 20.6 Å². The number of anilines is 1. The summed E-state index contributed by atoms with van der Waals surface area (Å²) in [6.45, 7) is 1.70. The lowest BCUT2D eigenvalue weighted by Gasteiger charge is -2.10. The quantitative estimate of drug-likeness (QED) is 0.640. The van der Waals surface area contributed by atoms with Gasteiger partial charge in [0, 0.05) is 11.1 Å². The van der Waals surface area contributed by atoms with Gasteiger partial charge in [0.05, 0.1) is 0 Å². The molecule has 100 valence electrons. The molecule has 1 unspecified atom stereocenters. The molecule has 4 N–H and O–H groups in total. The average Bonchev–Trinajstić information content (AvgIpc) is 2.78. The van der Waals surface area contributed by atoms with Crippen LogP contribution in [-0.2, 0) is 9.53 Å². The van der Waals surface area contributed by atoms with Crippen molar-refractivity contribution >= 4 is 28.5 Å². The zero-order valence-corrected chi connectivity index (χ0v) is 10.4. The van der Waals surface area contributed by atoms with Gasteiger partial charge in [-0.05, 0) is 30.7 Å². The first kappa shape index (κ1) is 12.9. The lowest BCUT2D eigenvalue weighted by atomic mass is 10.2. The number of amides is 1. The van der Waals surface area contributed by atoms with E-state index in [1.165, 1.54) is 6.07 Å². The number of nitrogens with two attached hydrogens (primary N) is 2. The fourth-order valence-corrected chi connectivity index (χ4v) is 1.69. The molecule has 0 saturated carbocycles. The molecule has 1 aromatic carbocycles. The van der Waals surface area contributed by atoms with E-state index in [1.807, 2.05) is 0 Å². The summed E-state index contributed by atoms with van der Waals surface area (Å²) in [7, 11) is 0. The van der Waals surface area contributed by atoms with Gasteiger partial charge in [-0.2, -0.15) is 0 Å². The van der Waals surface area contributed by atoms with Crippen molar-refractivity contribution in [1.82, 2.24) is 0 Å². The summed E-state index contributed by atoms with van der Waals surface area (Å²) in [6.07, 6.45) is -0.639. The van der Waals surface area contributed by atoms with Crippen LogP contribution >= 0.6 is 0 Å². The molecule has 0 aliphatic carbocycles. The van der Waals surface area contributed by atoms with Crippen LogP contribution in [-0.4, -0.2) is 18.0 Å². The van der Waals surface area contributed by atoms with Crippen molar-refractivity contribution in [3.8, 4) is 0 Å². The third kappa shape index (κ3) is 2.67. The minimum Gasteiger partial charge on any atom is -0.449 e. The predicted octanol–water partition coefficient (Wildman–Crippen LogP) is 1.44. The van der Waals surface area contributed by atoms with Gasteiger partial charge in [-0.15, -0.1) is 0 Å². The molecule has 0 radical (unpaired) electrons. The van der Waals surface area contributed by atoms with Gasteiger partial charge >= 0.3 is 5.97 Å². The van der Waals surface area contributed by atoms with Gasteiger partial charge in [0.15, 0.2) is 6.10 Å². The number of rotatable bonds is 4. The molecule has 2 rings (SSSR count). The van der Waals surface area contributed by atoms with Crippen molar-refractivity contribution in [3.63, 3.8) is 0 Å². The smallest absolute Gasteiger partial charge is 0.375 e. The molecule has 1 heterocycles. The zero-order valence-electron chi connectivity index (χ0n) is 10.4. The highest BCUT2D eigenvalue weighted by Gasteiger charge is 2.21. The van der Waals surface area contributed by atoms with Crippen molar-refractivity contribution in [2.75, 3.05) is 5.73 Å². The highest BCUT2D eigenvalue weighted by Crippen LogP contribution is 2.22. The van der Waals surface area contributed by atoms with Crippen LogP contribution in [0, 0.1) is 0 Å². The minimum absolute atomic E-state index is 0.0142. The molecule has 2 aromatic rings. The second-order valence-corrected chi connectivity index (χ2v) is 4.11. The number of nitrogen functional groups attached to an aromatic ring is 1. The Hall–Kier alpha value is -2.50. The first-order chi connectivity index (χ1) is 9.01. The largest absolute Gasteiger partial charge is 0.449 e. The number of carbonyl (C=O) groups is 2. The lowest BCUT2D eigenvalue weighted by molar-refractivity contribution is -0.126. The number of esters is 1. The molecule has 6 heteroatoms. The summed E-state index contributed by atoms with van der Waals surface area (Å²) in [5.74, 6) is -1.39. The van der Waals surface area contributed by atoms with E-state index >= 15 is 0 Å². The van der Waals surface area contributed by atoms with Gasteiger partial charge < -0.3 is 20.6 Å². The minimum atomic E-state index is -0.953. The molecule has 0 spiro atoms. The van der Waals surface area contributed by atoms with E-state index in [0.717, 1.165) is 0 Å². The van der Waals surface area contributed by atoms with Crippen molar-refractivity contribution in [3.05, 3.63) is 30.0 Å². The second kappa shape index (κ2) is 5.01. The molecule has 0 aliphatic heterocycles. The van der Waals surface area contributed by atoms with Crippen LogP contribution in [0.2, 0.25) is 0 Å². The van der Waals surface area contributed by atoms with E-state index in [9.17, 15) is 9.59 Å². The summed E-state index contributed by atoms with van der Waals surface area (Å²) in [5, 5.41) is 0.694. The number of ether oxygens (including phenoxy) is 1. The Labute approximate surface area is 109 Å². The van der Waals surface area contributed by atoms with Gasteiger partial charge in [0.1, 0.15) is 5.58 Å². The second-order valence-electron chi connectivity index (χ2n) is 4.11. The Bertz CT molecular complexity index is 633. The molecule has 0 bridgehead atoms. The van der Waals surface area contributed by atoms with Crippen LogP contribution in [0.3, 0.4) is 0 Å². The van der Waals surface area contributed by atoms with E-state index in [1.54, 1.807) is 25.1 Å². The highest BCUT2D eigenvalue weighted by atomic mass is 16.6. The standard InChI is InChI=1S/C13H14N2O4/c1-2-9(12(15)16)19-13(17)11-6-7-5-8(14)3-4-10(7)18-11/h3-6,9H,2,14H2,1H3,(H2,15,16). The fraction of sp³-hybridized carbons (Fsp3) is 0.231. The van der Waals surface area contributed by atoms with E-state index < -0.39 is 18.0 Å². The molecule has 1 aromatic heterocycles. The molecule has 1 amide bonds. The van der Waals surface area contributed by atoms with Gasteiger partial charge in [-0.3, -0.25) is 4.79 Å². The Kier molecular flexibility index (Phi) is 3.41. The Balaban J connectivity index is 2.24. The van der Waals surface area contributed by atoms with Gasteiger partial charge in [0.2, 0.25) is 5.76 Å². The summed E-state index contributed by atoms with van der Waals surface area (Å²) < 4.78 is 10.3. The topological polar surface area (TPSA) is 109 Å². The van der Waals surface area contributed by atoms with Crippen molar-refractivity contribution < 1.29 is 18.7 Å². The molecular formula is C13H14N2O4. The number of benzene rings is 1. The Morgan fingerprint density at radius 2 is 2.11 bits per heavy atom. The lowest BCUT2D eigenvalue weighted by Crippen LogP contribution is -2.32. The van der Waals surface area contributed by atoms with Gasteiger partial charge in [-0.1, -0.05) is 6.92 Å². The fourth-order valence-electron chi connectivity index (χ4n) is 1.69. The number of furan rings is 1. The molecule has 19 heavy (non-hydrogen) atoms. The summed E-state index contributed by atoms with van der Waals surface area (Å²) in [6, 6.07) is 6.52. The highest BCUT2D eigenvalue weighted by molar-refractivity contribution is 5.94. The number of hydrogen-bond donors (Lipinski definition) is 2. The molecular weight excluding hydrogens is 248 g/mol. The first-order valence-electron chi connectivity index (χ1n) is 5.80. The number of hydrogen-bond acceptors (Lipinski definition) is 5. The maximum atomic E-state index is 11.8. The van der Waals surface area contributed by atoms with Crippen LogP contribution in [0.15, 0.2) is 28.7 Å². The maximum absolute atomic E-state index is 11.8. The van der Waals surface area contributed by atoms with Crippen LogP contribution < -0.4 is 11.5 Å². The normalized spacial score (nSPS) is 12.3. The third-order valence-corrected chi connectivity index (χ3v) is 2.68. The van der Waals surface area contributed by atoms with Crippen molar-refractivity contribution in [2.45, 2.75) is 19.4 Å². The Morgan fingerprint density at radius 3 is 2.74 bits per heavy atom. The van der Waals surface area contributed by atoms with Crippen LogP contribution in [0.1, 0.15) is 23.9 Å². The van der Waals surface area contributed by atoms with Crippen LogP contribution in [0.4, 0.5) is 5.69 Å². The van der Waals surface area contributed by atoms with E-state index in [0.29, 0.717) is 23.1 Å².